The topological polar surface area (TPSA) is 82.1 Å². The summed E-state index contributed by atoms with van der Waals surface area (Å²) in [7, 11) is 2.93. The van der Waals surface area contributed by atoms with E-state index in [1.54, 1.807) is 13.0 Å². The number of unbranched alkanes of at least 4 members (excludes halogenated alkanes) is 6. The van der Waals surface area contributed by atoms with Crippen molar-refractivity contribution in [3.8, 4) is 17.2 Å². The lowest BCUT2D eigenvalue weighted by Crippen LogP contribution is -2.05. The number of ketones is 1. The number of benzene rings is 1. The molecule has 0 heterocycles. The zero-order valence-corrected chi connectivity index (χ0v) is 16.9. The fourth-order valence-corrected chi connectivity index (χ4v) is 3.06. The third-order valence-electron chi connectivity index (χ3n) is 4.47. The molecule has 0 aliphatic heterocycles. The number of aromatic hydroxyl groups is 1. The Morgan fingerprint density at radius 1 is 0.963 bits per heavy atom. The van der Waals surface area contributed by atoms with Gasteiger partial charge in [0.25, 0.3) is 0 Å². The van der Waals surface area contributed by atoms with Crippen molar-refractivity contribution in [2.24, 2.45) is 0 Å². The molecule has 1 N–H and O–H groups in total. The number of rotatable bonds is 13. The minimum atomic E-state index is -0.226. The first-order chi connectivity index (χ1) is 12.9. The van der Waals surface area contributed by atoms with Crippen molar-refractivity contribution in [1.82, 2.24) is 0 Å². The van der Waals surface area contributed by atoms with E-state index in [2.05, 4.69) is 0 Å². The second-order valence-electron chi connectivity index (χ2n) is 6.64. The summed E-state index contributed by atoms with van der Waals surface area (Å²) in [5, 5.41) is 10.4. The number of ether oxygens (including phenoxy) is 3. The highest BCUT2D eigenvalue weighted by Crippen LogP contribution is 2.41. The summed E-state index contributed by atoms with van der Waals surface area (Å²) in [6.45, 7) is 3.70. The molecular weight excluding hydrogens is 348 g/mol. The predicted molar refractivity (Wildman–Crippen MR) is 104 cm³/mol. The first-order valence-corrected chi connectivity index (χ1v) is 9.53. The van der Waals surface area contributed by atoms with E-state index in [0.29, 0.717) is 29.9 Å². The zero-order chi connectivity index (χ0) is 20.2. The Hall–Kier alpha value is -2.24. The van der Waals surface area contributed by atoms with Crippen molar-refractivity contribution in [2.75, 3.05) is 20.8 Å². The third kappa shape index (κ3) is 7.49. The first kappa shape index (κ1) is 22.8. The van der Waals surface area contributed by atoms with Gasteiger partial charge in [0.1, 0.15) is 0 Å². The van der Waals surface area contributed by atoms with Crippen LogP contribution in [0.3, 0.4) is 0 Å². The molecule has 1 aromatic carbocycles. The Kier molecular flexibility index (Phi) is 10.3. The van der Waals surface area contributed by atoms with Crippen LogP contribution in [0.15, 0.2) is 6.07 Å². The maximum atomic E-state index is 12.5. The van der Waals surface area contributed by atoms with Crippen LogP contribution in [-0.2, 0) is 9.53 Å². The van der Waals surface area contributed by atoms with Crippen LogP contribution < -0.4 is 9.47 Å². The Morgan fingerprint density at radius 3 is 2.11 bits per heavy atom. The molecule has 0 radical (unpaired) electrons. The molecule has 0 atom stereocenters. The molecule has 27 heavy (non-hydrogen) atoms. The maximum absolute atomic E-state index is 12.5. The third-order valence-corrected chi connectivity index (χ3v) is 4.47. The summed E-state index contributed by atoms with van der Waals surface area (Å²) in [6.07, 6.45) is 7.39. The number of hydrogen-bond acceptors (Lipinski definition) is 6. The van der Waals surface area contributed by atoms with Gasteiger partial charge in [-0.3, -0.25) is 9.59 Å². The van der Waals surface area contributed by atoms with Gasteiger partial charge in [-0.1, -0.05) is 32.1 Å². The number of Topliss-reactive ketones (excluding diaryl/α,β-unsaturated/α-hetero) is 1. The van der Waals surface area contributed by atoms with Crippen LogP contribution in [0.5, 0.6) is 17.2 Å². The van der Waals surface area contributed by atoms with E-state index >= 15 is 0 Å². The largest absolute Gasteiger partial charge is 0.504 e. The number of hydrogen-bond donors (Lipinski definition) is 1. The van der Waals surface area contributed by atoms with Crippen LogP contribution in [0.1, 0.15) is 74.2 Å². The zero-order valence-electron chi connectivity index (χ0n) is 16.9. The van der Waals surface area contributed by atoms with Crippen LogP contribution in [0, 0.1) is 6.92 Å². The van der Waals surface area contributed by atoms with E-state index in [4.69, 9.17) is 14.2 Å². The number of carbonyl (C=O) groups is 2. The molecule has 0 unspecified atom stereocenters. The van der Waals surface area contributed by atoms with E-state index in [1.807, 2.05) is 0 Å². The van der Waals surface area contributed by atoms with Crippen molar-refractivity contribution in [2.45, 2.75) is 65.2 Å². The molecule has 0 spiro atoms. The summed E-state index contributed by atoms with van der Waals surface area (Å²) in [5.74, 6) is 0.160. The van der Waals surface area contributed by atoms with Gasteiger partial charge in [0, 0.05) is 13.3 Å². The minimum absolute atomic E-state index is 0.0765. The fourth-order valence-electron chi connectivity index (χ4n) is 3.06. The lowest BCUT2D eigenvalue weighted by Gasteiger charge is -2.15. The van der Waals surface area contributed by atoms with Gasteiger partial charge in [-0.25, -0.2) is 0 Å². The van der Waals surface area contributed by atoms with Crippen molar-refractivity contribution in [3.63, 3.8) is 0 Å². The minimum Gasteiger partial charge on any atom is -0.504 e. The molecule has 0 aliphatic carbocycles. The predicted octanol–water partition coefficient (Wildman–Crippen LogP) is 4.58. The standard InChI is InChI=1S/C21H32O6/c1-15-14-18(25-3)21(26-4)20(24)19(15)17(23)12-10-8-6-5-7-9-11-13-27-16(2)22/h14,24H,5-13H2,1-4H3. The van der Waals surface area contributed by atoms with Crippen molar-refractivity contribution in [3.05, 3.63) is 17.2 Å². The molecule has 6 nitrogen and oxygen atoms in total. The summed E-state index contributed by atoms with van der Waals surface area (Å²) in [5.41, 5.74) is 1.00. The number of aryl methyl sites for hydroxylation is 1. The lowest BCUT2D eigenvalue weighted by molar-refractivity contribution is -0.141. The van der Waals surface area contributed by atoms with Gasteiger partial charge in [0.15, 0.2) is 17.3 Å². The molecule has 152 valence electrons. The molecule has 0 bridgehead atoms. The molecule has 1 rings (SSSR count). The molecule has 0 saturated heterocycles. The van der Waals surface area contributed by atoms with E-state index in [-0.39, 0.29) is 23.3 Å². The highest BCUT2D eigenvalue weighted by Gasteiger charge is 2.21. The molecule has 0 saturated carbocycles. The second kappa shape index (κ2) is 12.2. The Balaban J connectivity index is 2.34. The number of carbonyl (C=O) groups excluding carboxylic acids is 2. The van der Waals surface area contributed by atoms with Crippen molar-refractivity contribution >= 4 is 11.8 Å². The number of phenolic OH excluding ortho intramolecular Hbond substituents is 1. The van der Waals surface area contributed by atoms with Crippen LogP contribution in [0.2, 0.25) is 0 Å². The molecule has 0 fully saturated rings. The molecule has 1 aromatic rings. The number of esters is 1. The molecule has 6 heteroatoms. The van der Waals surface area contributed by atoms with E-state index in [9.17, 15) is 14.7 Å². The summed E-state index contributed by atoms with van der Waals surface area (Å²) >= 11 is 0. The molecule has 0 aliphatic rings. The van der Waals surface area contributed by atoms with Gasteiger partial charge < -0.3 is 19.3 Å². The van der Waals surface area contributed by atoms with Crippen LogP contribution in [-0.4, -0.2) is 37.7 Å². The van der Waals surface area contributed by atoms with Crippen LogP contribution in [0.25, 0.3) is 0 Å². The fraction of sp³-hybridized carbons (Fsp3) is 0.619. The Bertz CT molecular complexity index is 624. The van der Waals surface area contributed by atoms with Crippen LogP contribution >= 0.6 is 0 Å². The van der Waals surface area contributed by atoms with Gasteiger partial charge in [-0.2, -0.15) is 0 Å². The quantitative estimate of drug-likeness (QED) is 0.306. The van der Waals surface area contributed by atoms with Crippen LogP contribution in [0.4, 0.5) is 0 Å². The van der Waals surface area contributed by atoms with Crippen molar-refractivity contribution < 1.29 is 28.9 Å². The average molecular weight is 380 g/mol. The maximum Gasteiger partial charge on any atom is 0.302 e. The van der Waals surface area contributed by atoms with E-state index in [1.165, 1.54) is 21.1 Å². The average Bonchev–Trinajstić information content (AvgIpc) is 2.62. The first-order valence-electron chi connectivity index (χ1n) is 9.53. The van der Waals surface area contributed by atoms with Gasteiger partial charge in [-0.15, -0.1) is 0 Å². The Morgan fingerprint density at radius 2 is 1.56 bits per heavy atom. The van der Waals surface area contributed by atoms with Gasteiger partial charge in [-0.05, 0) is 31.4 Å². The van der Waals surface area contributed by atoms with Gasteiger partial charge >= 0.3 is 5.97 Å². The normalized spacial score (nSPS) is 10.5. The summed E-state index contributed by atoms with van der Waals surface area (Å²) in [4.78, 5) is 23.2. The smallest absolute Gasteiger partial charge is 0.302 e. The monoisotopic (exact) mass is 380 g/mol. The lowest BCUT2D eigenvalue weighted by atomic mass is 9.97. The molecule has 0 amide bonds. The molecular formula is C21H32O6. The van der Waals surface area contributed by atoms with Gasteiger partial charge in [0.05, 0.1) is 26.4 Å². The second-order valence-corrected chi connectivity index (χ2v) is 6.64. The van der Waals surface area contributed by atoms with Gasteiger partial charge in [0.2, 0.25) is 5.75 Å². The van der Waals surface area contributed by atoms with Crippen molar-refractivity contribution in [1.29, 1.82) is 0 Å². The number of phenols is 1. The highest BCUT2D eigenvalue weighted by molar-refractivity contribution is 6.01. The SMILES string of the molecule is COc1cc(C)c(C(=O)CCCCCCCCCOC(C)=O)c(O)c1OC. The molecule has 0 aromatic heterocycles. The number of methoxy groups -OCH3 is 2. The van der Waals surface area contributed by atoms with E-state index < -0.39 is 0 Å². The highest BCUT2D eigenvalue weighted by atomic mass is 16.5. The Labute approximate surface area is 161 Å². The summed E-state index contributed by atoms with van der Waals surface area (Å²) in [6, 6.07) is 1.71. The summed E-state index contributed by atoms with van der Waals surface area (Å²) < 4.78 is 15.2. The van der Waals surface area contributed by atoms with E-state index in [0.717, 1.165) is 44.9 Å².